The maximum absolute atomic E-state index is 16.3. The molecule has 2 N–H and O–H groups in total. The Morgan fingerprint density at radius 2 is 1.85 bits per heavy atom. The number of nitrogens with zero attached hydrogens (tertiary/aromatic N) is 3. The Kier molecular flexibility index (Phi) is 7.82. The fraction of sp³-hybridized carbons (Fsp3) is 0.417. The molecule has 3 aliphatic rings. The second-order valence-corrected chi connectivity index (χ2v) is 13.8. The second-order valence-electron chi connectivity index (χ2n) is 13.8. The molecule has 3 aliphatic heterocycles. The van der Waals surface area contributed by atoms with Gasteiger partial charge in [0.05, 0.1) is 17.1 Å². The summed E-state index contributed by atoms with van der Waals surface area (Å²) in [6, 6.07) is 13.0. The van der Waals surface area contributed by atoms with Crippen molar-refractivity contribution in [3.05, 3.63) is 70.3 Å². The van der Waals surface area contributed by atoms with Crippen LogP contribution in [0.4, 0.5) is 14.9 Å². The highest BCUT2D eigenvalue weighted by Gasteiger charge is 2.34. The number of halogens is 1. The molecule has 10 nitrogen and oxygen atoms in total. The van der Waals surface area contributed by atoms with Crippen LogP contribution in [0.15, 0.2) is 53.5 Å². The normalized spacial score (nSPS) is 19.1. The number of likely N-dealkylation sites (tertiary alicyclic amines) is 1. The molecule has 2 amide bonds. The van der Waals surface area contributed by atoms with E-state index in [0.717, 1.165) is 36.6 Å². The lowest BCUT2D eigenvalue weighted by molar-refractivity contribution is 0.0508. The second kappa shape index (κ2) is 11.9. The van der Waals surface area contributed by atoms with Crippen molar-refractivity contribution in [3.8, 4) is 17.2 Å². The molecule has 246 valence electrons. The smallest absolute Gasteiger partial charge is 0.407 e. The van der Waals surface area contributed by atoms with Crippen LogP contribution in [0.1, 0.15) is 56.8 Å². The lowest BCUT2D eigenvalue weighted by Crippen LogP contribution is -2.40. The van der Waals surface area contributed by atoms with E-state index in [-0.39, 0.29) is 28.4 Å². The van der Waals surface area contributed by atoms with Crippen LogP contribution in [-0.4, -0.2) is 72.4 Å². The van der Waals surface area contributed by atoms with E-state index in [1.54, 1.807) is 31.5 Å². The van der Waals surface area contributed by atoms with Crippen molar-refractivity contribution in [2.75, 3.05) is 38.1 Å². The fourth-order valence-electron chi connectivity index (χ4n) is 7.09. The van der Waals surface area contributed by atoms with Gasteiger partial charge in [0, 0.05) is 31.9 Å². The maximum Gasteiger partial charge on any atom is 0.407 e. The third-order valence-corrected chi connectivity index (χ3v) is 9.37. The van der Waals surface area contributed by atoms with E-state index < -0.39 is 28.8 Å². The average molecular weight is 642 g/mol. The average Bonchev–Trinajstić information content (AvgIpc) is 3.64. The Hall–Kier alpha value is -4.64. The van der Waals surface area contributed by atoms with E-state index in [1.807, 2.05) is 41.3 Å². The van der Waals surface area contributed by atoms with Crippen molar-refractivity contribution >= 4 is 39.4 Å². The molecule has 47 heavy (non-hydrogen) atoms. The van der Waals surface area contributed by atoms with Crippen LogP contribution in [0.5, 0.6) is 11.5 Å². The first-order chi connectivity index (χ1) is 22.5. The highest BCUT2D eigenvalue weighted by molar-refractivity contribution is 6.02. The molecule has 2 fully saturated rings. The number of ether oxygens (including phenoxy) is 2. The molecule has 1 aromatic heterocycles. The van der Waals surface area contributed by atoms with E-state index in [9.17, 15) is 14.4 Å². The van der Waals surface area contributed by atoms with Gasteiger partial charge in [0.15, 0.2) is 17.3 Å². The molecule has 0 spiro atoms. The van der Waals surface area contributed by atoms with Gasteiger partial charge in [-0.1, -0.05) is 24.3 Å². The van der Waals surface area contributed by atoms with Crippen LogP contribution >= 0.6 is 0 Å². The Balaban J connectivity index is 1.28. The highest BCUT2D eigenvalue weighted by atomic mass is 19.1. The van der Waals surface area contributed by atoms with Gasteiger partial charge < -0.3 is 34.5 Å². The molecule has 0 saturated carbocycles. The number of pyridine rings is 1. The predicted octanol–water partition coefficient (Wildman–Crippen LogP) is 5.71. The van der Waals surface area contributed by atoms with Gasteiger partial charge in [-0.25, -0.2) is 9.18 Å². The van der Waals surface area contributed by atoms with Gasteiger partial charge in [-0.15, -0.1) is 0 Å². The number of rotatable bonds is 6. The molecule has 3 aromatic carbocycles. The van der Waals surface area contributed by atoms with E-state index in [1.165, 1.54) is 6.07 Å². The van der Waals surface area contributed by atoms with Crippen LogP contribution in [0.2, 0.25) is 0 Å². The number of aromatic nitrogens is 1. The molecule has 0 radical (unpaired) electrons. The van der Waals surface area contributed by atoms with Gasteiger partial charge in [0.2, 0.25) is 5.43 Å². The first-order valence-corrected chi connectivity index (χ1v) is 16.3. The number of carbonyl (C=O) groups is 2. The summed E-state index contributed by atoms with van der Waals surface area (Å²) < 4.78 is 30.0. The van der Waals surface area contributed by atoms with Gasteiger partial charge in [-0.3, -0.25) is 9.59 Å². The lowest BCUT2D eigenvalue weighted by atomic mass is 10.0. The number of anilines is 1. The van der Waals surface area contributed by atoms with Gasteiger partial charge in [0.1, 0.15) is 22.4 Å². The number of nitrogens with one attached hydrogen (secondary N) is 2. The predicted molar refractivity (Wildman–Crippen MR) is 180 cm³/mol. The number of fused-ring (bicyclic) bond motifs is 3. The molecule has 2 atom stereocenters. The Morgan fingerprint density at radius 1 is 1.09 bits per heavy atom. The van der Waals surface area contributed by atoms with E-state index in [4.69, 9.17) is 9.47 Å². The Bertz CT molecular complexity index is 1970. The SMILES string of the molecule is CN1CCCC1CCNC(=O)c1cn2c3c(c(N4CC[C@@H](NC(=O)OC(C)(C)C)C4)c(F)cc3c1=O)Oc1cc3ccccc3cc1-2. The third kappa shape index (κ3) is 5.88. The number of hydrogen-bond donors (Lipinski definition) is 2. The van der Waals surface area contributed by atoms with Crippen molar-refractivity contribution in [2.45, 2.75) is 64.1 Å². The zero-order valence-corrected chi connectivity index (χ0v) is 27.2. The number of carbonyl (C=O) groups excluding carboxylic acids is 2. The van der Waals surface area contributed by atoms with Gasteiger partial charge in [-0.2, -0.15) is 0 Å². The van der Waals surface area contributed by atoms with E-state index in [0.29, 0.717) is 49.1 Å². The van der Waals surface area contributed by atoms with Crippen molar-refractivity contribution in [2.24, 2.45) is 0 Å². The first-order valence-electron chi connectivity index (χ1n) is 16.3. The number of amides is 2. The van der Waals surface area contributed by atoms with Crippen molar-refractivity contribution < 1.29 is 23.5 Å². The molecule has 7 rings (SSSR count). The van der Waals surface area contributed by atoms with Crippen molar-refractivity contribution in [1.82, 2.24) is 20.1 Å². The summed E-state index contributed by atoms with van der Waals surface area (Å²) in [5.74, 6) is -0.447. The molecule has 2 saturated heterocycles. The van der Waals surface area contributed by atoms with Crippen LogP contribution in [0.3, 0.4) is 0 Å². The zero-order valence-electron chi connectivity index (χ0n) is 27.2. The Labute approximate surface area is 272 Å². The largest absolute Gasteiger partial charge is 0.451 e. The number of alkyl carbamates (subject to hydrolysis) is 1. The quantitative estimate of drug-likeness (QED) is 0.245. The Morgan fingerprint density at radius 3 is 2.57 bits per heavy atom. The monoisotopic (exact) mass is 641 g/mol. The molecule has 4 aromatic rings. The van der Waals surface area contributed by atoms with Gasteiger partial charge >= 0.3 is 6.09 Å². The summed E-state index contributed by atoms with van der Waals surface area (Å²) in [6.07, 6.45) is 4.60. The van der Waals surface area contributed by atoms with Crippen molar-refractivity contribution in [1.29, 1.82) is 0 Å². The molecule has 4 heterocycles. The van der Waals surface area contributed by atoms with Crippen LogP contribution < -0.4 is 25.7 Å². The topological polar surface area (TPSA) is 105 Å². The maximum atomic E-state index is 16.3. The molecule has 0 bridgehead atoms. The minimum atomic E-state index is -0.644. The number of benzene rings is 3. The van der Waals surface area contributed by atoms with Crippen LogP contribution in [-0.2, 0) is 4.74 Å². The van der Waals surface area contributed by atoms with Gasteiger partial charge in [-0.05, 0) is 89.0 Å². The summed E-state index contributed by atoms with van der Waals surface area (Å²) in [7, 11) is 2.09. The summed E-state index contributed by atoms with van der Waals surface area (Å²) in [4.78, 5) is 44.0. The summed E-state index contributed by atoms with van der Waals surface area (Å²) in [5.41, 5.74) is -0.0191. The molecule has 0 aliphatic carbocycles. The third-order valence-electron chi connectivity index (χ3n) is 9.37. The van der Waals surface area contributed by atoms with E-state index in [2.05, 4.69) is 22.6 Å². The van der Waals surface area contributed by atoms with Crippen LogP contribution in [0, 0.1) is 5.82 Å². The van der Waals surface area contributed by atoms with Crippen LogP contribution in [0.25, 0.3) is 27.4 Å². The zero-order chi connectivity index (χ0) is 33.0. The fourth-order valence-corrected chi connectivity index (χ4v) is 7.09. The summed E-state index contributed by atoms with van der Waals surface area (Å²) in [6.45, 7) is 7.63. The number of hydrogen-bond acceptors (Lipinski definition) is 7. The van der Waals surface area contributed by atoms with E-state index >= 15 is 4.39 Å². The van der Waals surface area contributed by atoms with Crippen molar-refractivity contribution in [3.63, 3.8) is 0 Å². The molecular weight excluding hydrogens is 601 g/mol. The minimum absolute atomic E-state index is 0.0563. The standard InChI is InChI=1S/C36H40FN5O5/c1-36(2,3)47-35(45)39-23-12-15-41(19-23)31-27(37)18-25-30-33(31)46-29-17-22-9-6-5-8-21(22)16-28(29)42(30)20-26(32(25)43)34(44)38-13-11-24-10-7-14-40(24)4/h5-6,8-9,16-18,20,23-24H,7,10-15,19H2,1-4H3,(H,38,44)(H,39,45)/t23-,24?/m1/s1. The summed E-state index contributed by atoms with van der Waals surface area (Å²) in [5, 5.41) is 7.77. The lowest BCUT2D eigenvalue weighted by Gasteiger charge is -2.29. The minimum Gasteiger partial charge on any atom is -0.451 e. The highest BCUT2D eigenvalue weighted by Crippen LogP contribution is 2.48. The molecule has 11 heteroatoms. The first kappa shape index (κ1) is 31.0. The van der Waals surface area contributed by atoms with Gasteiger partial charge in [0.25, 0.3) is 5.91 Å². The molecule has 1 unspecified atom stereocenters. The molecular formula is C36H40FN5O5. The summed E-state index contributed by atoms with van der Waals surface area (Å²) >= 11 is 0.